The minimum Gasteiger partial charge on any atom is -0.390 e. The first-order chi connectivity index (χ1) is 14.2. The molecule has 0 bridgehead atoms. The van der Waals surface area contributed by atoms with Crippen LogP contribution in [0.1, 0.15) is 66.4 Å². The number of carbonyl (C=O) groups is 1. The normalized spacial score (nSPS) is 22.5. The highest BCUT2D eigenvalue weighted by Crippen LogP contribution is 2.31. The van der Waals surface area contributed by atoms with Crippen molar-refractivity contribution in [2.45, 2.75) is 85.7 Å². The molecule has 5 nitrogen and oxygen atoms in total. The molecule has 0 radical (unpaired) electrons. The molecule has 1 amide bonds. The van der Waals surface area contributed by atoms with E-state index in [9.17, 15) is 9.90 Å². The number of allylic oxidation sites excluding steroid dienone is 1. The number of nitrogens with zero attached hydrogens (tertiary/aromatic N) is 1. The van der Waals surface area contributed by atoms with Crippen LogP contribution in [0.4, 0.5) is 0 Å². The Kier molecular flexibility index (Phi) is 11.3. The summed E-state index contributed by atoms with van der Waals surface area (Å²) in [5.41, 5.74) is 2.24. The van der Waals surface area contributed by atoms with Gasteiger partial charge in [-0.3, -0.25) is 4.79 Å². The Bertz CT molecular complexity index is 656. The number of hydrogen-bond acceptors (Lipinski definition) is 4. The average Bonchev–Trinajstić information content (AvgIpc) is 3.32. The Hall–Kier alpha value is -1.69. The Morgan fingerprint density at radius 2 is 1.93 bits per heavy atom. The number of benzene rings is 1. The molecule has 0 aromatic heterocycles. The lowest BCUT2D eigenvalue weighted by molar-refractivity contribution is -0.154. The fourth-order valence-electron chi connectivity index (χ4n) is 3.59. The highest BCUT2D eigenvalue weighted by atomic mass is 16.7. The van der Waals surface area contributed by atoms with Crippen molar-refractivity contribution in [1.82, 2.24) is 4.90 Å². The minimum absolute atomic E-state index is 0.151. The van der Waals surface area contributed by atoms with Gasteiger partial charge in [0.15, 0.2) is 5.79 Å². The summed E-state index contributed by atoms with van der Waals surface area (Å²) in [4.78, 5) is 13.8. The molecule has 2 aliphatic rings. The van der Waals surface area contributed by atoms with Crippen molar-refractivity contribution in [2.75, 3.05) is 13.2 Å². The molecule has 3 unspecified atom stereocenters. The van der Waals surface area contributed by atoms with Crippen molar-refractivity contribution in [3.05, 3.63) is 47.7 Å². The van der Waals surface area contributed by atoms with Gasteiger partial charge in [0.25, 0.3) is 0 Å². The molecular formula is C25H41NO4. The first kappa shape index (κ1) is 26.3. The number of carbonyl (C=O) groups excluding carboxylic acids is 1. The maximum absolute atomic E-state index is 12.0. The smallest absolute Gasteiger partial charge is 0.226 e. The van der Waals surface area contributed by atoms with Gasteiger partial charge in [-0.2, -0.15) is 0 Å². The number of ether oxygens (including phenoxy) is 2. The molecule has 1 aromatic rings. The van der Waals surface area contributed by atoms with Crippen molar-refractivity contribution in [1.29, 1.82) is 0 Å². The quantitative estimate of drug-likeness (QED) is 0.724. The molecule has 3 atom stereocenters. The van der Waals surface area contributed by atoms with Crippen LogP contribution in [0.2, 0.25) is 0 Å². The second kappa shape index (κ2) is 12.9. The summed E-state index contributed by atoms with van der Waals surface area (Å²) >= 11 is 0. The van der Waals surface area contributed by atoms with Gasteiger partial charge < -0.3 is 19.5 Å². The number of aliphatic hydroxyl groups excluding tert-OH is 1. The van der Waals surface area contributed by atoms with Crippen LogP contribution in [-0.2, 0) is 14.3 Å². The Balaban J connectivity index is 0.000000418. The van der Waals surface area contributed by atoms with Gasteiger partial charge >= 0.3 is 0 Å². The standard InChI is InChI=1S/C16H27NO4.C7H8.C2H6/c1-5-7-12(17-9-6-8-14(17)18)11(2)15(19)13-10-20-16(3,4)21-13;1-7-5-3-2-4-6-7;1-2/h7,11,13,15,19H,5-6,8-10H2,1-4H3;2-6H,1H3;1-2H3/b12-7-;;. The first-order valence-corrected chi connectivity index (χ1v) is 11.3. The van der Waals surface area contributed by atoms with Gasteiger partial charge in [0, 0.05) is 24.6 Å². The Morgan fingerprint density at radius 1 is 1.30 bits per heavy atom. The van der Waals surface area contributed by atoms with Crippen LogP contribution in [0.25, 0.3) is 0 Å². The van der Waals surface area contributed by atoms with Crippen LogP contribution in [0.15, 0.2) is 42.1 Å². The zero-order chi connectivity index (χ0) is 22.7. The molecule has 170 valence electrons. The summed E-state index contributed by atoms with van der Waals surface area (Å²) < 4.78 is 11.3. The number of aryl methyl sites for hydroxylation is 1. The van der Waals surface area contributed by atoms with Gasteiger partial charge in [0.2, 0.25) is 5.91 Å². The second-order valence-corrected chi connectivity index (χ2v) is 7.99. The van der Waals surface area contributed by atoms with Crippen LogP contribution in [0.5, 0.6) is 0 Å². The second-order valence-electron chi connectivity index (χ2n) is 7.99. The Labute approximate surface area is 183 Å². The van der Waals surface area contributed by atoms with E-state index < -0.39 is 11.9 Å². The third-order valence-electron chi connectivity index (χ3n) is 5.13. The summed E-state index contributed by atoms with van der Waals surface area (Å²) in [6, 6.07) is 10.3. The number of aliphatic hydroxyl groups is 1. The topological polar surface area (TPSA) is 59.0 Å². The van der Waals surface area contributed by atoms with E-state index in [2.05, 4.69) is 19.1 Å². The zero-order valence-corrected chi connectivity index (χ0v) is 19.9. The van der Waals surface area contributed by atoms with Crippen molar-refractivity contribution in [3.63, 3.8) is 0 Å². The fourth-order valence-corrected chi connectivity index (χ4v) is 3.59. The molecule has 0 saturated carbocycles. The largest absolute Gasteiger partial charge is 0.390 e. The van der Waals surface area contributed by atoms with Crippen LogP contribution in [-0.4, -0.2) is 47.1 Å². The molecule has 5 heteroatoms. The number of hydrogen-bond donors (Lipinski definition) is 1. The monoisotopic (exact) mass is 419 g/mol. The molecule has 0 aliphatic carbocycles. The van der Waals surface area contributed by atoms with Crippen molar-refractivity contribution in [3.8, 4) is 0 Å². The summed E-state index contributed by atoms with van der Waals surface area (Å²) in [5.74, 6) is -0.657. The minimum atomic E-state index is -0.682. The summed E-state index contributed by atoms with van der Waals surface area (Å²) in [5, 5.41) is 10.6. The number of rotatable bonds is 5. The van der Waals surface area contributed by atoms with Gasteiger partial charge in [-0.05, 0) is 33.6 Å². The van der Waals surface area contributed by atoms with Gasteiger partial charge in [0.05, 0.1) is 12.7 Å². The number of amides is 1. The summed E-state index contributed by atoms with van der Waals surface area (Å²) in [7, 11) is 0. The fraction of sp³-hybridized carbons (Fsp3) is 0.640. The third-order valence-corrected chi connectivity index (χ3v) is 5.13. The summed E-state index contributed by atoms with van der Waals surface area (Å²) in [6.07, 6.45) is 3.33. The lowest BCUT2D eigenvalue weighted by Gasteiger charge is -2.31. The van der Waals surface area contributed by atoms with E-state index in [0.29, 0.717) is 13.0 Å². The lowest BCUT2D eigenvalue weighted by Crippen LogP contribution is -2.40. The summed E-state index contributed by atoms with van der Waals surface area (Å²) in [6.45, 7) is 14.9. The maximum atomic E-state index is 12.0. The molecule has 0 spiro atoms. The van der Waals surface area contributed by atoms with E-state index in [1.165, 1.54) is 5.56 Å². The van der Waals surface area contributed by atoms with Gasteiger partial charge in [-0.15, -0.1) is 0 Å². The van der Waals surface area contributed by atoms with E-state index >= 15 is 0 Å². The van der Waals surface area contributed by atoms with Crippen LogP contribution < -0.4 is 0 Å². The molecule has 1 aromatic carbocycles. The highest BCUT2D eigenvalue weighted by molar-refractivity contribution is 5.80. The SMILES string of the molecule is CC.CC/C=C(/C(C)C(O)C1COC(C)(C)O1)N1CCCC1=O.Cc1ccccc1. The van der Waals surface area contributed by atoms with Gasteiger partial charge in [0.1, 0.15) is 6.10 Å². The van der Waals surface area contributed by atoms with Crippen LogP contribution >= 0.6 is 0 Å². The molecule has 30 heavy (non-hydrogen) atoms. The van der Waals surface area contributed by atoms with Crippen molar-refractivity contribution < 1.29 is 19.4 Å². The first-order valence-electron chi connectivity index (χ1n) is 11.3. The van der Waals surface area contributed by atoms with Gasteiger partial charge in [-0.1, -0.05) is 69.7 Å². The molecule has 2 saturated heterocycles. The van der Waals surface area contributed by atoms with Crippen LogP contribution in [0, 0.1) is 12.8 Å². The van der Waals surface area contributed by atoms with E-state index in [0.717, 1.165) is 25.1 Å². The molecule has 2 aliphatic heterocycles. The molecule has 3 rings (SSSR count). The zero-order valence-electron chi connectivity index (χ0n) is 19.9. The van der Waals surface area contributed by atoms with Crippen molar-refractivity contribution in [2.24, 2.45) is 5.92 Å². The molecule has 2 heterocycles. The molecule has 1 N–H and O–H groups in total. The average molecular weight is 420 g/mol. The van der Waals surface area contributed by atoms with E-state index in [4.69, 9.17) is 9.47 Å². The van der Waals surface area contributed by atoms with Crippen LogP contribution in [0.3, 0.4) is 0 Å². The molecule has 2 fully saturated rings. The van der Waals surface area contributed by atoms with E-state index in [-0.39, 0.29) is 17.9 Å². The van der Waals surface area contributed by atoms with Crippen molar-refractivity contribution >= 4 is 5.91 Å². The highest BCUT2D eigenvalue weighted by Gasteiger charge is 2.40. The third kappa shape index (κ3) is 7.86. The van der Waals surface area contributed by atoms with E-state index in [1.807, 2.05) is 70.7 Å². The lowest BCUT2D eigenvalue weighted by atomic mass is 9.95. The van der Waals surface area contributed by atoms with E-state index in [1.54, 1.807) is 0 Å². The predicted molar refractivity (Wildman–Crippen MR) is 122 cm³/mol. The van der Waals surface area contributed by atoms with Gasteiger partial charge in [-0.25, -0.2) is 0 Å². The molecular weight excluding hydrogens is 378 g/mol. The Morgan fingerprint density at radius 3 is 2.33 bits per heavy atom. The maximum Gasteiger partial charge on any atom is 0.226 e. The number of likely N-dealkylation sites (tertiary alicyclic amines) is 1. The predicted octanol–water partition coefficient (Wildman–Crippen LogP) is 5.07.